The number of rotatable bonds is 6. The third kappa shape index (κ3) is 4.09. The Balaban J connectivity index is 2.01. The van der Waals surface area contributed by atoms with Gasteiger partial charge in [-0.2, -0.15) is 0 Å². The van der Waals surface area contributed by atoms with Gasteiger partial charge in [0.2, 0.25) is 0 Å². The summed E-state index contributed by atoms with van der Waals surface area (Å²) in [4.78, 5) is 0. The van der Waals surface area contributed by atoms with Crippen molar-refractivity contribution >= 4 is 0 Å². The topological polar surface area (TPSA) is 12.0 Å². The standard InChI is InChI=1S/C19H31N/c1-4-15-6-8-17(9-7-15)13-19-12-16(5-2)10-11-18(19)14-20-3/h6-9,16,18-20H,4-5,10-14H2,1-3H3. The van der Waals surface area contributed by atoms with E-state index in [1.54, 1.807) is 0 Å². The summed E-state index contributed by atoms with van der Waals surface area (Å²) in [5, 5.41) is 3.40. The molecule has 1 nitrogen and oxygen atoms in total. The van der Waals surface area contributed by atoms with Crippen molar-refractivity contribution in [1.82, 2.24) is 5.32 Å². The van der Waals surface area contributed by atoms with Crippen molar-refractivity contribution in [3.05, 3.63) is 35.4 Å². The second-order valence-corrected chi connectivity index (χ2v) is 6.54. The minimum atomic E-state index is 0.869. The van der Waals surface area contributed by atoms with Crippen molar-refractivity contribution in [2.24, 2.45) is 17.8 Å². The smallest absolute Gasteiger partial charge is 0.00208 e. The lowest BCUT2D eigenvalue weighted by molar-refractivity contribution is 0.173. The minimum Gasteiger partial charge on any atom is -0.319 e. The molecular weight excluding hydrogens is 242 g/mol. The van der Waals surface area contributed by atoms with Gasteiger partial charge in [0.15, 0.2) is 0 Å². The predicted molar refractivity (Wildman–Crippen MR) is 88.1 cm³/mol. The van der Waals surface area contributed by atoms with Gasteiger partial charge in [0.1, 0.15) is 0 Å². The van der Waals surface area contributed by atoms with E-state index >= 15 is 0 Å². The van der Waals surface area contributed by atoms with Crippen LogP contribution in [0.3, 0.4) is 0 Å². The van der Waals surface area contributed by atoms with Crippen LogP contribution >= 0.6 is 0 Å². The first-order valence-electron chi connectivity index (χ1n) is 8.49. The summed E-state index contributed by atoms with van der Waals surface area (Å²) in [5.74, 6) is 2.70. The second kappa shape index (κ2) is 7.83. The van der Waals surface area contributed by atoms with E-state index in [9.17, 15) is 0 Å². The summed E-state index contributed by atoms with van der Waals surface area (Å²) in [6.45, 7) is 5.77. The third-order valence-electron chi connectivity index (χ3n) is 5.22. The van der Waals surface area contributed by atoms with Crippen LogP contribution in [0.4, 0.5) is 0 Å². The molecule has 112 valence electrons. The molecule has 0 aromatic heterocycles. The van der Waals surface area contributed by atoms with Crippen LogP contribution in [-0.2, 0) is 12.8 Å². The van der Waals surface area contributed by atoms with Crippen molar-refractivity contribution in [3.8, 4) is 0 Å². The summed E-state index contributed by atoms with van der Waals surface area (Å²) in [7, 11) is 2.10. The molecule has 1 aliphatic carbocycles. The van der Waals surface area contributed by atoms with Gasteiger partial charge in [-0.05, 0) is 68.2 Å². The molecule has 1 N–H and O–H groups in total. The Hall–Kier alpha value is -0.820. The highest BCUT2D eigenvalue weighted by Gasteiger charge is 2.29. The van der Waals surface area contributed by atoms with Crippen LogP contribution in [-0.4, -0.2) is 13.6 Å². The molecule has 3 unspecified atom stereocenters. The van der Waals surface area contributed by atoms with E-state index < -0.39 is 0 Å². The summed E-state index contributed by atoms with van der Waals surface area (Å²) in [6, 6.07) is 9.32. The van der Waals surface area contributed by atoms with Gasteiger partial charge in [0.05, 0.1) is 0 Å². The van der Waals surface area contributed by atoms with Crippen LogP contribution in [0.1, 0.15) is 50.7 Å². The monoisotopic (exact) mass is 273 g/mol. The average molecular weight is 273 g/mol. The maximum Gasteiger partial charge on any atom is -0.00208 e. The van der Waals surface area contributed by atoms with Crippen LogP contribution < -0.4 is 5.32 Å². The molecule has 1 aromatic carbocycles. The SMILES string of the molecule is CCc1ccc(CC2CC(CC)CCC2CNC)cc1. The van der Waals surface area contributed by atoms with E-state index in [1.807, 2.05) is 0 Å². The zero-order chi connectivity index (χ0) is 14.4. The molecule has 0 spiro atoms. The molecule has 1 aromatic rings. The predicted octanol–water partition coefficient (Wildman–Crippen LogP) is 4.45. The van der Waals surface area contributed by atoms with Crippen molar-refractivity contribution < 1.29 is 0 Å². The fourth-order valence-electron chi connectivity index (χ4n) is 3.79. The van der Waals surface area contributed by atoms with Gasteiger partial charge < -0.3 is 5.32 Å². The molecule has 1 aliphatic rings. The zero-order valence-electron chi connectivity index (χ0n) is 13.5. The Morgan fingerprint density at radius 3 is 2.30 bits per heavy atom. The number of nitrogens with one attached hydrogen (secondary N) is 1. The summed E-state index contributed by atoms with van der Waals surface area (Å²) < 4.78 is 0. The quantitative estimate of drug-likeness (QED) is 0.807. The summed E-state index contributed by atoms with van der Waals surface area (Å²) in [6.07, 6.45) is 8.05. The summed E-state index contributed by atoms with van der Waals surface area (Å²) >= 11 is 0. The second-order valence-electron chi connectivity index (χ2n) is 6.54. The molecule has 1 heteroatoms. The van der Waals surface area contributed by atoms with E-state index in [0.29, 0.717) is 0 Å². The first kappa shape index (κ1) is 15.6. The number of benzene rings is 1. The van der Waals surface area contributed by atoms with Crippen LogP contribution in [0.15, 0.2) is 24.3 Å². The lowest BCUT2D eigenvalue weighted by atomic mass is 9.71. The molecule has 0 bridgehead atoms. The molecular formula is C19H31N. The van der Waals surface area contributed by atoms with Gasteiger partial charge in [-0.1, -0.05) is 51.0 Å². The van der Waals surface area contributed by atoms with Gasteiger partial charge in [0.25, 0.3) is 0 Å². The molecule has 0 radical (unpaired) electrons. The van der Waals surface area contributed by atoms with Gasteiger partial charge in [0, 0.05) is 0 Å². The fourth-order valence-corrected chi connectivity index (χ4v) is 3.79. The van der Waals surface area contributed by atoms with Crippen molar-refractivity contribution in [1.29, 1.82) is 0 Å². The molecule has 0 aliphatic heterocycles. The molecule has 2 rings (SSSR count). The molecule has 3 atom stereocenters. The Bertz CT molecular complexity index is 381. The first-order valence-corrected chi connectivity index (χ1v) is 8.49. The van der Waals surface area contributed by atoms with Crippen LogP contribution in [0, 0.1) is 17.8 Å². The fraction of sp³-hybridized carbons (Fsp3) is 0.684. The Morgan fingerprint density at radius 1 is 1.00 bits per heavy atom. The van der Waals surface area contributed by atoms with Crippen LogP contribution in [0.2, 0.25) is 0 Å². The van der Waals surface area contributed by atoms with E-state index in [2.05, 4.69) is 50.5 Å². The molecule has 1 fully saturated rings. The molecule has 0 heterocycles. The number of aryl methyl sites for hydroxylation is 1. The van der Waals surface area contributed by atoms with Gasteiger partial charge in [-0.15, -0.1) is 0 Å². The molecule has 0 amide bonds. The van der Waals surface area contributed by atoms with E-state index in [0.717, 1.165) is 24.2 Å². The van der Waals surface area contributed by atoms with E-state index in [-0.39, 0.29) is 0 Å². The van der Waals surface area contributed by atoms with Crippen molar-refractivity contribution in [3.63, 3.8) is 0 Å². The summed E-state index contributed by atoms with van der Waals surface area (Å²) in [5.41, 5.74) is 2.99. The van der Waals surface area contributed by atoms with E-state index in [4.69, 9.17) is 0 Å². The van der Waals surface area contributed by atoms with Crippen LogP contribution in [0.5, 0.6) is 0 Å². The van der Waals surface area contributed by atoms with Gasteiger partial charge in [-0.25, -0.2) is 0 Å². The maximum absolute atomic E-state index is 3.40. The van der Waals surface area contributed by atoms with E-state index in [1.165, 1.54) is 49.8 Å². The average Bonchev–Trinajstić information content (AvgIpc) is 2.50. The lowest BCUT2D eigenvalue weighted by Crippen LogP contribution is -2.33. The normalized spacial score (nSPS) is 26.6. The Labute approximate surface area is 125 Å². The highest BCUT2D eigenvalue weighted by atomic mass is 14.8. The highest BCUT2D eigenvalue weighted by Crippen LogP contribution is 2.37. The largest absolute Gasteiger partial charge is 0.319 e. The first-order chi connectivity index (χ1) is 9.76. The van der Waals surface area contributed by atoms with Gasteiger partial charge >= 0.3 is 0 Å². The minimum absolute atomic E-state index is 0.869. The van der Waals surface area contributed by atoms with Crippen molar-refractivity contribution in [2.45, 2.75) is 52.4 Å². The molecule has 1 saturated carbocycles. The highest BCUT2D eigenvalue weighted by molar-refractivity contribution is 5.23. The van der Waals surface area contributed by atoms with Crippen LogP contribution in [0.25, 0.3) is 0 Å². The Kier molecular flexibility index (Phi) is 6.09. The molecule has 0 saturated heterocycles. The lowest BCUT2D eigenvalue weighted by Gasteiger charge is -2.36. The van der Waals surface area contributed by atoms with Gasteiger partial charge in [-0.3, -0.25) is 0 Å². The number of hydrogen-bond donors (Lipinski definition) is 1. The third-order valence-corrected chi connectivity index (χ3v) is 5.22. The molecule has 20 heavy (non-hydrogen) atoms. The van der Waals surface area contributed by atoms with Crippen molar-refractivity contribution in [2.75, 3.05) is 13.6 Å². The number of hydrogen-bond acceptors (Lipinski definition) is 1. The Morgan fingerprint density at radius 2 is 1.70 bits per heavy atom. The zero-order valence-corrected chi connectivity index (χ0v) is 13.5. The maximum atomic E-state index is 3.40.